The molecule has 0 radical (unpaired) electrons. The lowest BCUT2D eigenvalue weighted by atomic mass is 10.0. The van der Waals surface area contributed by atoms with Crippen molar-refractivity contribution < 1.29 is 19.0 Å². The monoisotopic (exact) mass is 426 g/mol. The second kappa shape index (κ2) is 8.81. The van der Waals surface area contributed by atoms with Crippen LogP contribution in [-0.4, -0.2) is 52.8 Å². The number of aromatic nitrogens is 3. The molecule has 9 nitrogen and oxygen atoms in total. The minimum absolute atomic E-state index is 0.136. The Labute approximate surface area is 179 Å². The largest absolute Gasteiger partial charge is 0.497 e. The maximum atomic E-state index is 12.6. The number of fused-ring (bicyclic) bond motifs is 1. The van der Waals surface area contributed by atoms with Crippen molar-refractivity contribution in [1.29, 1.82) is 0 Å². The van der Waals surface area contributed by atoms with Crippen LogP contribution in [0, 0.1) is 0 Å². The Morgan fingerprint density at radius 2 is 2.10 bits per heavy atom. The van der Waals surface area contributed by atoms with Crippen LogP contribution in [0.4, 0.5) is 0 Å². The second-order valence-electron chi connectivity index (χ2n) is 7.39. The lowest BCUT2D eigenvalue weighted by Crippen LogP contribution is -2.26. The molecule has 0 aliphatic carbocycles. The number of nitrogens with one attached hydrogen (secondary N) is 1. The first-order chi connectivity index (χ1) is 15.0. The smallest absolute Gasteiger partial charge is 0.343 e. The second-order valence-corrected chi connectivity index (χ2v) is 7.39. The molecule has 0 bridgehead atoms. The topological polar surface area (TPSA) is 98.2 Å². The highest BCUT2D eigenvalue weighted by Crippen LogP contribution is 2.39. The highest BCUT2D eigenvalue weighted by atomic mass is 16.5. The number of H-pyrrole nitrogens is 1. The van der Waals surface area contributed by atoms with E-state index in [4.69, 9.17) is 14.2 Å². The summed E-state index contributed by atoms with van der Waals surface area (Å²) in [6, 6.07) is 7.47. The van der Waals surface area contributed by atoms with E-state index < -0.39 is 5.97 Å². The molecule has 3 heterocycles. The van der Waals surface area contributed by atoms with Gasteiger partial charge in [-0.15, -0.1) is 0 Å². The summed E-state index contributed by atoms with van der Waals surface area (Å²) >= 11 is 0. The average Bonchev–Trinajstić information content (AvgIpc) is 3.40. The summed E-state index contributed by atoms with van der Waals surface area (Å²) < 4.78 is 17.2. The highest BCUT2D eigenvalue weighted by Gasteiger charge is 2.29. The molecule has 9 heteroatoms. The summed E-state index contributed by atoms with van der Waals surface area (Å²) in [6.07, 6.45) is 3.45. The predicted octanol–water partition coefficient (Wildman–Crippen LogP) is 2.55. The van der Waals surface area contributed by atoms with Gasteiger partial charge >= 0.3 is 5.97 Å². The van der Waals surface area contributed by atoms with E-state index >= 15 is 0 Å². The quantitative estimate of drug-likeness (QED) is 0.580. The van der Waals surface area contributed by atoms with Crippen molar-refractivity contribution in [2.75, 3.05) is 27.4 Å². The van der Waals surface area contributed by atoms with Gasteiger partial charge in [0.25, 0.3) is 5.56 Å². The number of aromatic amines is 1. The molecular weight excluding hydrogens is 400 g/mol. The third-order valence-electron chi connectivity index (χ3n) is 5.57. The minimum Gasteiger partial charge on any atom is -0.497 e. The lowest BCUT2D eigenvalue weighted by Gasteiger charge is -2.26. The van der Waals surface area contributed by atoms with Crippen molar-refractivity contribution in [3.63, 3.8) is 0 Å². The predicted molar refractivity (Wildman–Crippen MR) is 114 cm³/mol. The van der Waals surface area contributed by atoms with Gasteiger partial charge in [0, 0.05) is 36.5 Å². The van der Waals surface area contributed by atoms with Crippen molar-refractivity contribution in [2.24, 2.45) is 0 Å². The van der Waals surface area contributed by atoms with Crippen LogP contribution in [0.25, 0.3) is 5.65 Å². The summed E-state index contributed by atoms with van der Waals surface area (Å²) in [7, 11) is 3.28. The van der Waals surface area contributed by atoms with Crippen molar-refractivity contribution in [2.45, 2.75) is 32.4 Å². The van der Waals surface area contributed by atoms with Gasteiger partial charge in [-0.1, -0.05) is 6.07 Å². The first kappa shape index (κ1) is 20.9. The van der Waals surface area contributed by atoms with Crippen LogP contribution in [0.2, 0.25) is 0 Å². The molecule has 1 N–H and O–H groups in total. The van der Waals surface area contributed by atoms with Gasteiger partial charge < -0.3 is 14.2 Å². The fourth-order valence-corrected chi connectivity index (χ4v) is 4.14. The zero-order valence-corrected chi connectivity index (χ0v) is 17.9. The zero-order chi connectivity index (χ0) is 22.0. The standard InChI is InChI=1S/C22H26N4O5/c1-4-31-22(28)17-12-23-26-20(27)10-14(24-21(17)26)13-25-9-5-6-18(25)16-8-7-15(29-2)11-19(16)30-3/h7-8,10-12,18,23H,4-6,9,13H2,1-3H3. The van der Waals surface area contributed by atoms with Gasteiger partial charge in [-0.2, -0.15) is 0 Å². The fraction of sp³-hybridized carbons (Fsp3) is 0.409. The molecule has 4 rings (SSSR count). The van der Waals surface area contributed by atoms with Crippen LogP contribution >= 0.6 is 0 Å². The van der Waals surface area contributed by atoms with Gasteiger partial charge in [-0.25, -0.2) is 14.3 Å². The molecule has 1 saturated heterocycles. The normalized spacial score (nSPS) is 16.5. The number of hydrogen-bond donors (Lipinski definition) is 1. The van der Waals surface area contributed by atoms with Crippen LogP contribution in [0.15, 0.2) is 35.3 Å². The summed E-state index contributed by atoms with van der Waals surface area (Å²) in [5.74, 6) is 1.01. The number of rotatable bonds is 7. The van der Waals surface area contributed by atoms with E-state index in [1.54, 1.807) is 21.1 Å². The Balaban J connectivity index is 1.65. The first-order valence-corrected chi connectivity index (χ1v) is 10.3. The van der Waals surface area contributed by atoms with Crippen LogP contribution < -0.4 is 15.0 Å². The Hall–Kier alpha value is -3.33. The number of ether oxygens (including phenoxy) is 3. The van der Waals surface area contributed by atoms with Crippen LogP contribution in [-0.2, 0) is 11.3 Å². The lowest BCUT2D eigenvalue weighted by molar-refractivity contribution is 0.0528. The first-order valence-electron chi connectivity index (χ1n) is 10.3. The third kappa shape index (κ3) is 4.00. The van der Waals surface area contributed by atoms with E-state index in [0.717, 1.165) is 36.4 Å². The molecule has 1 fully saturated rings. The van der Waals surface area contributed by atoms with E-state index in [2.05, 4.69) is 15.0 Å². The number of likely N-dealkylation sites (tertiary alicyclic amines) is 1. The molecule has 0 saturated carbocycles. The Kier molecular flexibility index (Phi) is 5.94. The summed E-state index contributed by atoms with van der Waals surface area (Å²) in [5.41, 5.74) is 1.93. The Bertz CT molecular complexity index is 1150. The van der Waals surface area contributed by atoms with Gasteiger partial charge in [0.15, 0.2) is 5.65 Å². The molecule has 31 heavy (non-hydrogen) atoms. The average molecular weight is 426 g/mol. The maximum Gasteiger partial charge on any atom is 0.343 e. The maximum absolute atomic E-state index is 12.6. The van der Waals surface area contributed by atoms with Gasteiger partial charge in [0.1, 0.15) is 17.1 Å². The molecule has 1 aromatic carbocycles. The molecule has 0 spiro atoms. The Morgan fingerprint density at radius 3 is 2.84 bits per heavy atom. The molecule has 164 valence electrons. The summed E-state index contributed by atoms with van der Waals surface area (Å²) in [5, 5.41) is 2.78. The third-order valence-corrected chi connectivity index (χ3v) is 5.57. The Morgan fingerprint density at radius 1 is 1.26 bits per heavy atom. The number of carbonyl (C=O) groups is 1. The number of benzene rings is 1. The van der Waals surface area contributed by atoms with Crippen molar-refractivity contribution in [1.82, 2.24) is 19.5 Å². The van der Waals surface area contributed by atoms with E-state index in [1.807, 2.05) is 18.2 Å². The van der Waals surface area contributed by atoms with Gasteiger partial charge in [-0.3, -0.25) is 14.8 Å². The molecular formula is C22H26N4O5. The number of esters is 1. The summed E-state index contributed by atoms with van der Waals surface area (Å²) in [4.78, 5) is 31.7. The molecule has 0 amide bonds. The van der Waals surface area contributed by atoms with Gasteiger partial charge in [0.2, 0.25) is 0 Å². The van der Waals surface area contributed by atoms with E-state index in [0.29, 0.717) is 12.2 Å². The van der Waals surface area contributed by atoms with E-state index in [-0.39, 0.29) is 29.4 Å². The van der Waals surface area contributed by atoms with Crippen LogP contribution in [0.5, 0.6) is 11.5 Å². The van der Waals surface area contributed by atoms with E-state index in [1.165, 1.54) is 16.8 Å². The van der Waals surface area contributed by atoms with Crippen molar-refractivity contribution in [3.8, 4) is 11.5 Å². The molecule has 1 unspecified atom stereocenters. The van der Waals surface area contributed by atoms with Crippen molar-refractivity contribution >= 4 is 11.6 Å². The highest BCUT2D eigenvalue weighted by molar-refractivity contribution is 5.95. The van der Waals surface area contributed by atoms with Crippen LogP contribution in [0.3, 0.4) is 0 Å². The van der Waals surface area contributed by atoms with Gasteiger partial charge in [0.05, 0.1) is 26.5 Å². The minimum atomic E-state index is -0.507. The molecule has 1 atom stereocenters. The summed E-state index contributed by atoms with van der Waals surface area (Å²) in [6.45, 7) is 3.34. The number of methoxy groups -OCH3 is 2. The molecule has 3 aromatic rings. The SMILES string of the molecule is CCOC(=O)c1c[nH]n2c(=O)cc(CN3CCCC3c3ccc(OC)cc3OC)nc12. The van der Waals surface area contributed by atoms with Gasteiger partial charge in [-0.05, 0) is 32.4 Å². The molecule has 2 aromatic heterocycles. The number of hydrogen-bond acceptors (Lipinski definition) is 7. The van der Waals surface area contributed by atoms with E-state index in [9.17, 15) is 9.59 Å². The fourth-order valence-electron chi connectivity index (χ4n) is 4.14. The van der Waals surface area contributed by atoms with Crippen molar-refractivity contribution in [3.05, 3.63) is 57.6 Å². The number of nitrogens with zero attached hydrogens (tertiary/aromatic N) is 3. The molecule has 1 aliphatic heterocycles. The molecule has 1 aliphatic rings. The van der Waals surface area contributed by atoms with Crippen LogP contribution in [0.1, 0.15) is 47.4 Å². The zero-order valence-electron chi connectivity index (χ0n) is 17.9. The number of carbonyl (C=O) groups excluding carboxylic acids is 1.